The van der Waals surface area contributed by atoms with Crippen molar-refractivity contribution in [3.63, 3.8) is 0 Å². The lowest BCUT2D eigenvalue weighted by atomic mass is 9.85. The van der Waals surface area contributed by atoms with E-state index in [2.05, 4.69) is 46.8 Å². The highest BCUT2D eigenvalue weighted by Gasteiger charge is 2.42. The van der Waals surface area contributed by atoms with E-state index < -0.39 is 52.4 Å². The van der Waals surface area contributed by atoms with Crippen molar-refractivity contribution in [1.29, 1.82) is 0 Å². The van der Waals surface area contributed by atoms with Gasteiger partial charge in [0, 0.05) is 19.1 Å². The van der Waals surface area contributed by atoms with Gasteiger partial charge in [-0.1, -0.05) is 56.3 Å². The van der Waals surface area contributed by atoms with Crippen LogP contribution in [-0.2, 0) is 43.6 Å². The van der Waals surface area contributed by atoms with Crippen LogP contribution < -0.4 is 21.3 Å². The molecule has 7 rings (SSSR count). The number of hydrogen-bond donors (Lipinski definition) is 5. The summed E-state index contributed by atoms with van der Waals surface area (Å²) in [4.78, 5) is 73.1. The van der Waals surface area contributed by atoms with Crippen molar-refractivity contribution in [1.82, 2.24) is 51.0 Å². The van der Waals surface area contributed by atoms with Gasteiger partial charge in [0.05, 0.1) is 60.0 Å². The maximum absolute atomic E-state index is 14.1. The average molecular weight is 944 g/mol. The molecule has 5 amide bonds. The van der Waals surface area contributed by atoms with Gasteiger partial charge in [0.1, 0.15) is 47.3 Å². The number of halogens is 2. The van der Waals surface area contributed by atoms with Gasteiger partial charge in [-0.05, 0) is 74.1 Å². The number of likely N-dealkylation sites (tertiary alicyclic amines) is 1. The fourth-order valence-corrected chi connectivity index (χ4v) is 8.92. The fraction of sp³-hybridized carbons (Fsp3) is 0.457. The third kappa shape index (κ3) is 12.5. The first-order valence-electron chi connectivity index (χ1n) is 22.2. The van der Waals surface area contributed by atoms with Crippen molar-refractivity contribution in [3.8, 4) is 10.4 Å². The number of ether oxygens (including phenoxy) is 2. The quantitative estimate of drug-likeness (QED) is 0.0729. The monoisotopic (exact) mass is 943 g/mol. The second-order valence-electron chi connectivity index (χ2n) is 17.7. The Morgan fingerprint density at radius 3 is 2.43 bits per heavy atom. The SMILES string of the molecule is Cc1ncsc1-c1ccc(CNC(=O)[C@@H]2CCCN2C(=O)C(NC(=O)COCCn2cc(COC3CCC(NC(=O)c4[nH]ncc4NC(=O)c4c(F)cccc4F)CC3)nn2)C(C)(C)C)cc1. The predicted molar refractivity (Wildman–Crippen MR) is 242 cm³/mol. The van der Waals surface area contributed by atoms with E-state index in [9.17, 15) is 32.8 Å². The molecule has 2 aromatic carbocycles. The van der Waals surface area contributed by atoms with Crippen molar-refractivity contribution >= 4 is 46.6 Å². The molecule has 1 aliphatic carbocycles. The zero-order chi connectivity index (χ0) is 47.7. The number of rotatable bonds is 18. The lowest BCUT2D eigenvalue weighted by Gasteiger charge is -2.35. The first-order valence-corrected chi connectivity index (χ1v) is 23.1. The summed E-state index contributed by atoms with van der Waals surface area (Å²) < 4.78 is 41.5. The summed E-state index contributed by atoms with van der Waals surface area (Å²) in [5.74, 6) is -4.64. The molecule has 4 heterocycles. The Kier molecular flexibility index (Phi) is 15.8. The molecular weight excluding hydrogens is 889 g/mol. The summed E-state index contributed by atoms with van der Waals surface area (Å²) in [6, 6.07) is 9.35. The molecule has 1 aliphatic heterocycles. The molecule has 21 heteroatoms. The summed E-state index contributed by atoms with van der Waals surface area (Å²) in [5.41, 5.74) is 3.93. The highest BCUT2D eigenvalue weighted by atomic mass is 32.1. The van der Waals surface area contributed by atoms with Crippen molar-refractivity contribution in [2.45, 2.75) is 110 Å². The number of aromatic amines is 1. The van der Waals surface area contributed by atoms with Crippen LogP contribution in [0.4, 0.5) is 14.5 Å². The molecule has 2 atom stereocenters. The number of anilines is 1. The molecule has 2 fully saturated rings. The van der Waals surface area contributed by atoms with Crippen LogP contribution in [-0.4, -0.2) is 109 Å². The molecular formula is C46H55F2N11O7S. The van der Waals surface area contributed by atoms with E-state index in [1.54, 1.807) is 27.1 Å². The summed E-state index contributed by atoms with van der Waals surface area (Å²) in [6.45, 7) is 8.71. The molecule has 1 unspecified atom stereocenters. The normalized spacial score (nSPS) is 17.8. The Morgan fingerprint density at radius 2 is 1.73 bits per heavy atom. The zero-order valence-corrected chi connectivity index (χ0v) is 38.6. The molecule has 5 aromatic rings. The van der Waals surface area contributed by atoms with Gasteiger partial charge in [0.2, 0.25) is 17.7 Å². The lowest BCUT2D eigenvalue weighted by Crippen LogP contribution is -2.58. The minimum atomic E-state index is -1.05. The van der Waals surface area contributed by atoms with Crippen LogP contribution in [0.15, 0.2) is 60.4 Å². The Labute approximate surface area is 390 Å². The highest BCUT2D eigenvalue weighted by molar-refractivity contribution is 7.13. The Morgan fingerprint density at radius 1 is 0.985 bits per heavy atom. The molecule has 0 bridgehead atoms. The number of carbonyl (C=O) groups excluding carboxylic acids is 5. The first-order chi connectivity index (χ1) is 32.1. The minimum absolute atomic E-state index is 0.0153. The van der Waals surface area contributed by atoms with Crippen molar-refractivity contribution in [2.75, 3.05) is 25.1 Å². The van der Waals surface area contributed by atoms with Gasteiger partial charge >= 0.3 is 0 Å². The second-order valence-corrected chi connectivity index (χ2v) is 18.6. The molecule has 18 nitrogen and oxygen atoms in total. The van der Waals surface area contributed by atoms with E-state index in [-0.39, 0.29) is 55.2 Å². The van der Waals surface area contributed by atoms with Gasteiger partial charge in [0.25, 0.3) is 11.8 Å². The number of hydrogen-bond acceptors (Lipinski definition) is 12. The standard InChI is InChI=1S/C46H55F2N11O7S/c1-27-40(67-26-50-27)29-12-10-28(11-13-29)21-49-42(61)36-9-6-18-59(36)45(64)41(46(2,3)4)54-37(60)25-65-20-19-58-23-31(55-57-58)24-66-32-16-14-30(15-17-32)52-44(63)39-35(22-51-56-39)53-43(62)38-33(47)7-5-8-34(38)48/h5,7-8,10-13,22-23,26,30,32,36,41H,6,9,14-21,24-25H2,1-4H3,(H,49,61)(H,51,56)(H,52,63)(H,53,62)(H,54,60)/t30?,32?,36-,41?/m0/s1. The number of thiazole rings is 1. The molecule has 5 N–H and O–H groups in total. The van der Waals surface area contributed by atoms with E-state index in [1.165, 1.54) is 6.20 Å². The van der Waals surface area contributed by atoms with Gasteiger partial charge in [-0.15, -0.1) is 16.4 Å². The molecule has 3 aromatic heterocycles. The van der Waals surface area contributed by atoms with E-state index in [0.717, 1.165) is 39.9 Å². The van der Waals surface area contributed by atoms with Gasteiger partial charge in [-0.3, -0.25) is 29.1 Å². The summed E-state index contributed by atoms with van der Waals surface area (Å²) in [7, 11) is 0. The minimum Gasteiger partial charge on any atom is -0.372 e. The summed E-state index contributed by atoms with van der Waals surface area (Å²) in [5, 5.41) is 25.8. The van der Waals surface area contributed by atoms with E-state index >= 15 is 0 Å². The molecule has 1 saturated heterocycles. The third-order valence-electron chi connectivity index (χ3n) is 11.7. The average Bonchev–Trinajstić information content (AvgIpc) is 4.14. The largest absolute Gasteiger partial charge is 0.372 e. The number of aryl methyl sites for hydroxylation is 1. The van der Waals surface area contributed by atoms with Crippen LogP contribution >= 0.6 is 11.3 Å². The summed E-state index contributed by atoms with van der Waals surface area (Å²) in [6.07, 6.45) is 6.61. The Balaban J connectivity index is 0.791. The zero-order valence-electron chi connectivity index (χ0n) is 37.8. The van der Waals surface area contributed by atoms with E-state index in [4.69, 9.17) is 9.47 Å². The predicted octanol–water partition coefficient (Wildman–Crippen LogP) is 5.08. The van der Waals surface area contributed by atoms with Crippen LogP contribution in [0.1, 0.15) is 97.1 Å². The maximum atomic E-state index is 14.1. The fourth-order valence-electron chi connectivity index (χ4n) is 8.11. The van der Waals surface area contributed by atoms with E-state index in [1.807, 2.05) is 57.5 Å². The molecule has 0 spiro atoms. The van der Waals surface area contributed by atoms with Crippen LogP contribution in [0.3, 0.4) is 0 Å². The topological polar surface area (TPSA) is 227 Å². The first kappa shape index (κ1) is 48.5. The second kappa shape index (κ2) is 21.9. The Bertz CT molecular complexity index is 2510. The van der Waals surface area contributed by atoms with Crippen LogP contribution in [0.5, 0.6) is 0 Å². The lowest BCUT2D eigenvalue weighted by molar-refractivity contribution is -0.144. The van der Waals surface area contributed by atoms with Crippen molar-refractivity contribution in [3.05, 3.63) is 100 Å². The van der Waals surface area contributed by atoms with Crippen molar-refractivity contribution < 1.29 is 42.2 Å². The molecule has 2 aliphatic rings. The third-order valence-corrected chi connectivity index (χ3v) is 12.7. The van der Waals surface area contributed by atoms with Crippen LogP contribution in [0, 0.1) is 24.0 Å². The van der Waals surface area contributed by atoms with Gasteiger partial charge in [-0.2, -0.15) is 5.10 Å². The van der Waals surface area contributed by atoms with Crippen LogP contribution in [0.25, 0.3) is 10.4 Å². The number of nitrogens with one attached hydrogen (secondary N) is 5. The number of amides is 5. The van der Waals surface area contributed by atoms with Crippen molar-refractivity contribution in [2.24, 2.45) is 5.41 Å². The van der Waals surface area contributed by atoms with Gasteiger partial charge < -0.3 is 35.6 Å². The highest BCUT2D eigenvalue weighted by Crippen LogP contribution is 2.29. The number of nitrogens with zero attached hydrogens (tertiary/aromatic N) is 6. The van der Waals surface area contributed by atoms with E-state index in [0.29, 0.717) is 63.9 Å². The smallest absolute Gasteiger partial charge is 0.271 e. The molecule has 356 valence electrons. The molecule has 67 heavy (non-hydrogen) atoms. The molecule has 1 saturated carbocycles. The maximum Gasteiger partial charge on any atom is 0.271 e. The number of benzene rings is 2. The number of carbonyl (C=O) groups is 5. The van der Waals surface area contributed by atoms with Gasteiger partial charge in [0.15, 0.2) is 0 Å². The van der Waals surface area contributed by atoms with Gasteiger partial charge in [-0.25, -0.2) is 18.4 Å². The molecule has 0 radical (unpaired) electrons. The summed E-state index contributed by atoms with van der Waals surface area (Å²) >= 11 is 1.58. The Hall–Kier alpha value is -6.45. The number of H-pyrrole nitrogens is 1. The van der Waals surface area contributed by atoms with Crippen LogP contribution in [0.2, 0.25) is 0 Å². The number of aromatic nitrogens is 6.